The molecule has 0 saturated heterocycles. The van der Waals surface area contributed by atoms with Crippen LogP contribution in [0.25, 0.3) is 0 Å². The molecule has 1 atom stereocenters. The second-order valence-electron chi connectivity index (χ2n) is 6.92. The van der Waals surface area contributed by atoms with Gasteiger partial charge >= 0.3 is 5.97 Å². The van der Waals surface area contributed by atoms with Crippen LogP contribution >= 0.6 is 0 Å². The Bertz CT molecular complexity index is 895. The van der Waals surface area contributed by atoms with E-state index in [0.29, 0.717) is 18.5 Å². The standard InChI is InChI=1S/C20H23NO4S/c1-20(19(22)25-2)12-13-21(18-11-7-6-10-17(18)14-20)26(23,24)15-16-8-4-3-5-9-16/h3-11H,12-15H2,1-2H3. The second-order valence-corrected chi connectivity index (χ2v) is 8.81. The van der Waals surface area contributed by atoms with Crippen LogP contribution in [-0.2, 0) is 31.7 Å². The molecule has 0 saturated carbocycles. The summed E-state index contributed by atoms with van der Waals surface area (Å²) in [6, 6.07) is 16.5. The summed E-state index contributed by atoms with van der Waals surface area (Å²) < 4.78 is 32.7. The van der Waals surface area contributed by atoms with Crippen LogP contribution in [0.5, 0.6) is 0 Å². The lowest BCUT2D eigenvalue weighted by Gasteiger charge is -2.26. The number of para-hydroxylation sites is 1. The van der Waals surface area contributed by atoms with Crippen molar-refractivity contribution >= 4 is 21.7 Å². The van der Waals surface area contributed by atoms with Crippen LogP contribution in [0.1, 0.15) is 24.5 Å². The van der Waals surface area contributed by atoms with E-state index in [1.54, 1.807) is 18.2 Å². The van der Waals surface area contributed by atoms with Gasteiger partial charge in [-0.25, -0.2) is 8.42 Å². The zero-order valence-electron chi connectivity index (χ0n) is 15.0. The summed E-state index contributed by atoms with van der Waals surface area (Å²) in [7, 11) is -2.21. The smallest absolute Gasteiger partial charge is 0.311 e. The summed E-state index contributed by atoms with van der Waals surface area (Å²) in [5, 5.41) is 0. The Hall–Kier alpha value is -2.34. The number of esters is 1. The molecular formula is C20H23NO4S. The van der Waals surface area contributed by atoms with Crippen molar-refractivity contribution in [3.63, 3.8) is 0 Å². The maximum Gasteiger partial charge on any atom is 0.311 e. The van der Waals surface area contributed by atoms with Gasteiger partial charge in [-0.1, -0.05) is 48.5 Å². The molecule has 0 amide bonds. The fourth-order valence-electron chi connectivity index (χ4n) is 3.45. The average molecular weight is 373 g/mol. The molecule has 1 heterocycles. The van der Waals surface area contributed by atoms with Gasteiger partial charge in [-0.15, -0.1) is 0 Å². The SMILES string of the molecule is COC(=O)C1(C)CCN(S(=O)(=O)Cc2ccccc2)c2ccccc2C1. The molecular weight excluding hydrogens is 350 g/mol. The summed E-state index contributed by atoms with van der Waals surface area (Å²) in [5.41, 5.74) is 1.48. The number of hydrogen-bond acceptors (Lipinski definition) is 4. The van der Waals surface area contributed by atoms with E-state index in [0.717, 1.165) is 11.1 Å². The predicted octanol–water partition coefficient (Wildman–Crippen LogP) is 3.15. The molecule has 26 heavy (non-hydrogen) atoms. The van der Waals surface area contributed by atoms with Crippen molar-refractivity contribution in [1.29, 1.82) is 0 Å². The van der Waals surface area contributed by atoms with E-state index < -0.39 is 15.4 Å². The van der Waals surface area contributed by atoms with E-state index in [1.807, 2.05) is 43.3 Å². The Kier molecular flexibility index (Phi) is 5.05. The maximum absolute atomic E-state index is 13.1. The Morgan fingerprint density at radius 3 is 2.46 bits per heavy atom. The van der Waals surface area contributed by atoms with Crippen LogP contribution in [0.4, 0.5) is 5.69 Å². The molecule has 0 spiro atoms. The summed E-state index contributed by atoms with van der Waals surface area (Å²) in [4.78, 5) is 12.3. The molecule has 0 N–H and O–H groups in total. The van der Waals surface area contributed by atoms with E-state index >= 15 is 0 Å². The van der Waals surface area contributed by atoms with Crippen molar-refractivity contribution in [3.8, 4) is 0 Å². The Morgan fingerprint density at radius 1 is 1.12 bits per heavy atom. The third-order valence-electron chi connectivity index (χ3n) is 4.91. The minimum absolute atomic E-state index is 0.0723. The summed E-state index contributed by atoms with van der Waals surface area (Å²) in [6.45, 7) is 2.08. The first-order valence-corrected chi connectivity index (χ1v) is 10.2. The molecule has 0 aliphatic carbocycles. The number of fused-ring (bicyclic) bond motifs is 1. The number of carbonyl (C=O) groups excluding carboxylic acids is 1. The van der Waals surface area contributed by atoms with E-state index in [9.17, 15) is 13.2 Å². The van der Waals surface area contributed by atoms with Gasteiger partial charge in [0.2, 0.25) is 10.0 Å². The quantitative estimate of drug-likeness (QED) is 0.773. The van der Waals surface area contributed by atoms with Gasteiger partial charge in [0.25, 0.3) is 0 Å². The molecule has 3 rings (SSSR count). The lowest BCUT2D eigenvalue weighted by atomic mass is 9.81. The van der Waals surface area contributed by atoms with Crippen LogP contribution in [0.15, 0.2) is 54.6 Å². The van der Waals surface area contributed by atoms with Crippen molar-refractivity contribution in [2.24, 2.45) is 5.41 Å². The zero-order valence-corrected chi connectivity index (χ0v) is 15.8. The van der Waals surface area contributed by atoms with Crippen LogP contribution in [0.2, 0.25) is 0 Å². The number of ether oxygens (including phenoxy) is 1. The van der Waals surface area contributed by atoms with Crippen LogP contribution in [0.3, 0.4) is 0 Å². The third kappa shape index (κ3) is 3.60. The molecule has 0 bridgehead atoms. The topological polar surface area (TPSA) is 63.7 Å². The Morgan fingerprint density at radius 2 is 1.77 bits per heavy atom. The predicted molar refractivity (Wildman–Crippen MR) is 101 cm³/mol. The number of hydrogen-bond donors (Lipinski definition) is 0. The largest absolute Gasteiger partial charge is 0.469 e. The Labute approximate surface area is 154 Å². The van der Waals surface area contributed by atoms with Crippen molar-refractivity contribution in [1.82, 2.24) is 0 Å². The molecule has 0 aromatic heterocycles. The highest BCUT2D eigenvalue weighted by molar-refractivity contribution is 7.92. The highest BCUT2D eigenvalue weighted by Gasteiger charge is 2.40. The van der Waals surface area contributed by atoms with Crippen molar-refractivity contribution in [2.45, 2.75) is 25.5 Å². The highest BCUT2D eigenvalue weighted by atomic mass is 32.2. The molecule has 5 nitrogen and oxygen atoms in total. The molecule has 1 aliphatic rings. The van der Waals surface area contributed by atoms with Gasteiger partial charge in [-0.05, 0) is 37.0 Å². The summed E-state index contributed by atoms with van der Waals surface area (Å²) >= 11 is 0. The zero-order chi connectivity index (χ0) is 18.8. The molecule has 2 aromatic rings. The van der Waals surface area contributed by atoms with Crippen molar-refractivity contribution < 1.29 is 17.9 Å². The fraction of sp³-hybridized carbons (Fsp3) is 0.350. The third-order valence-corrected chi connectivity index (χ3v) is 6.66. The molecule has 6 heteroatoms. The molecule has 0 radical (unpaired) electrons. The van der Waals surface area contributed by atoms with Crippen molar-refractivity contribution in [3.05, 3.63) is 65.7 Å². The number of nitrogens with zero attached hydrogens (tertiary/aromatic N) is 1. The first-order chi connectivity index (χ1) is 12.4. The number of anilines is 1. The number of rotatable bonds is 4. The van der Waals surface area contributed by atoms with Gasteiger partial charge < -0.3 is 4.74 Å². The lowest BCUT2D eigenvalue weighted by molar-refractivity contribution is -0.151. The van der Waals surface area contributed by atoms with Crippen molar-refractivity contribution in [2.75, 3.05) is 18.0 Å². The fourth-order valence-corrected chi connectivity index (χ4v) is 5.07. The number of benzene rings is 2. The second kappa shape index (κ2) is 7.11. The van der Waals surface area contributed by atoms with Gasteiger partial charge in [-0.2, -0.15) is 0 Å². The molecule has 0 fully saturated rings. The lowest BCUT2D eigenvalue weighted by Crippen LogP contribution is -2.36. The van der Waals surface area contributed by atoms with Crippen LogP contribution in [0, 0.1) is 5.41 Å². The van der Waals surface area contributed by atoms with Gasteiger partial charge in [0.05, 0.1) is 24.0 Å². The van der Waals surface area contributed by atoms with Crippen LogP contribution in [-0.4, -0.2) is 28.0 Å². The highest BCUT2D eigenvalue weighted by Crippen LogP contribution is 2.38. The van der Waals surface area contributed by atoms with E-state index in [-0.39, 0.29) is 18.3 Å². The minimum Gasteiger partial charge on any atom is -0.469 e. The Balaban J connectivity index is 1.99. The van der Waals surface area contributed by atoms with E-state index in [4.69, 9.17) is 4.74 Å². The monoisotopic (exact) mass is 373 g/mol. The minimum atomic E-state index is -3.57. The number of carbonyl (C=O) groups is 1. The first-order valence-electron chi connectivity index (χ1n) is 8.56. The summed E-state index contributed by atoms with van der Waals surface area (Å²) in [6.07, 6.45) is 0.857. The van der Waals surface area contributed by atoms with Gasteiger partial charge in [0.15, 0.2) is 0 Å². The van der Waals surface area contributed by atoms with Gasteiger partial charge in [0.1, 0.15) is 0 Å². The van der Waals surface area contributed by atoms with Crippen LogP contribution < -0.4 is 4.31 Å². The number of methoxy groups -OCH3 is 1. The normalized spacial score (nSPS) is 20.2. The summed E-state index contributed by atoms with van der Waals surface area (Å²) in [5.74, 6) is -0.383. The van der Waals surface area contributed by atoms with Gasteiger partial charge in [0, 0.05) is 6.54 Å². The maximum atomic E-state index is 13.1. The average Bonchev–Trinajstić information content (AvgIpc) is 2.78. The first kappa shape index (κ1) is 18.5. The molecule has 1 unspecified atom stereocenters. The van der Waals surface area contributed by atoms with E-state index in [1.165, 1.54) is 11.4 Å². The number of sulfonamides is 1. The van der Waals surface area contributed by atoms with E-state index in [2.05, 4.69) is 0 Å². The molecule has 138 valence electrons. The van der Waals surface area contributed by atoms with Gasteiger partial charge in [-0.3, -0.25) is 9.10 Å². The molecule has 1 aliphatic heterocycles. The molecule has 2 aromatic carbocycles.